The Morgan fingerprint density at radius 1 is 1.31 bits per heavy atom. The van der Waals surface area contributed by atoms with Crippen molar-refractivity contribution < 1.29 is 13.2 Å². The number of hydrogen-bond acceptors (Lipinski definition) is 5. The van der Waals surface area contributed by atoms with Crippen LogP contribution in [0.25, 0.3) is 0 Å². The highest BCUT2D eigenvalue weighted by atomic mass is 32.2. The third kappa shape index (κ3) is 4.90. The molecular formula is C17H23N5O3S. The van der Waals surface area contributed by atoms with Gasteiger partial charge in [-0.15, -0.1) is 0 Å². The van der Waals surface area contributed by atoms with Crippen molar-refractivity contribution in [2.45, 2.75) is 36.7 Å². The van der Waals surface area contributed by atoms with Gasteiger partial charge in [0, 0.05) is 25.2 Å². The van der Waals surface area contributed by atoms with Crippen LogP contribution in [0.4, 0.5) is 0 Å². The van der Waals surface area contributed by atoms with E-state index in [4.69, 9.17) is 5.14 Å². The molecule has 1 atom stereocenters. The van der Waals surface area contributed by atoms with E-state index < -0.39 is 10.0 Å². The summed E-state index contributed by atoms with van der Waals surface area (Å²) in [6.07, 6.45) is 4.08. The zero-order valence-corrected chi connectivity index (χ0v) is 15.2. The van der Waals surface area contributed by atoms with Crippen molar-refractivity contribution in [1.82, 2.24) is 20.4 Å². The zero-order chi connectivity index (χ0) is 18.6. The number of primary sulfonamides is 1. The van der Waals surface area contributed by atoms with E-state index in [9.17, 15) is 13.2 Å². The van der Waals surface area contributed by atoms with Crippen LogP contribution in [0.2, 0.25) is 0 Å². The lowest BCUT2D eigenvalue weighted by Crippen LogP contribution is -2.29. The van der Waals surface area contributed by atoms with Gasteiger partial charge in [0.15, 0.2) is 0 Å². The van der Waals surface area contributed by atoms with Crippen LogP contribution < -0.4 is 15.8 Å². The molecule has 0 unspecified atom stereocenters. The molecule has 8 nitrogen and oxygen atoms in total. The predicted molar refractivity (Wildman–Crippen MR) is 96.7 cm³/mol. The van der Waals surface area contributed by atoms with E-state index in [0.29, 0.717) is 12.5 Å². The smallest absolute Gasteiger partial charge is 0.241 e. The number of benzene rings is 1. The van der Waals surface area contributed by atoms with E-state index in [1.54, 1.807) is 16.8 Å². The number of amides is 1. The minimum absolute atomic E-state index is 0.0499. The zero-order valence-electron chi connectivity index (χ0n) is 14.4. The Bertz CT molecular complexity index is 855. The summed E-state index contributed by atoms with van der Waals surface area (Å²) in [6.45, 7) is 2.44. The van der Waals surface area contributed by atoms with Crippen molar-refractivity contribution in [3.63, 3.8) is 0 Å². The van der Waals surface area contributed by atoms with E-state index in [-0.39, 0.29) is 17.3 Å². The van der Waals surface area contributed by atoms with E-state index in [1.165, 1.54) is 12.1 Å². The molecule has 4 N–H and O–H groups in total. The summed E-state index contributed by atoms with van der Waals surface area (Å²) < 4.78 is 24.1. The van der Waals surface area contributed by atoms with E-state index in [0.717, 1.165) is 37.2 Å². The Kier molecular flexibility index (Phi) is 5.70. The SMILES string of the molecule is NS(=O)(=O)c1ccc(CNC(=O)Cn2ccc([C@@H]3CCCNC3)n2)cc1. The van der Waals surface area contributed by atoms with Gasteiger partial charge in [0.2, 0.25) is 15.9 Å². The molecule has 2 aromatic rings. The summed E-state index contributed by atoms with van der Waals surface area (Å²) in [5, 5.41) is 15.7. The molecule has 0 spiro atoms. The number of sulfonamides is 1. The third-order valence-corrected chi connectivity index (χ3v) is 5.35. The Morgan fingerprint density at radius 2 is 2.08 bits per heavy atom. The molecule has 0 bridgehead atoms. The largest absolute Gasteiger partial charge is 0.350 e. The maximum Gasteiger partial charge on any atom is 0.241 e. The fourth-order valence-corrected chi connectivity index (χ4v) is 3.50. The van der Waals surface area contributed by atoms with Crippen LogP contribution in [0.5, 0.6) is 0 Å². The Balaban J connectivity index is 1.50. The number of nitrogens with one attached hydrogen (secondary N) is 2. The molecule has 1 aromatic carbocycles. The fraction of sp³-hybridized carbons (Fsp3) is 0.412. The molecule has 2 heterocycles. The Hall–Kier alpha value is -2.23. The number of nitrogens with zero attached hydrogens (tertiary/aromatic N) is 2. The quantitative estimate of drug-likeness (QED) is 0.670. The van der Waals surface area contributed by atoms with Crippen LogP contribution in [0, 0.1) is 0 Å². The Morgan fingerprint density at radius 3 is 2.73 bits per heavy atom. The van der Waals surface area contributed by atoms with Gasteiger partial charge in [0.25, 0.3) is 0 Å². The molecule has 1 amide bonds. The highest BCUT2D eigenvalue weighted by molar-refractivity contribution is 7.89. The van der Waals surface area contributed by atoms with Gasteiger partial charge in [-0.3, -0.25) is 9.48 Å². The molecule has 0 saturated carbocycles. The maximum absolute atomic E-state index is 12.1. The molecule has 9 heteroatoms. The molecule has 1 saturated heterocycles. The minimum Gasteiger partial charge on any atom is -0.350 e. The number of hydrogen-bond donors (Lipinski definition) is 3. The fourth-order valence-electron chi connectivity index (χ4n) is 2.99. The summed E-state index contributed by atoms with van der Waals surface area (Å²) in [4.78, 5) is 12.1. The van der Waals surface area contributed by atoms with Gasteiger partial charge >= 0.3 is 0 Å². The molecule has 0 radical (unpaired) electrons. The van der Waals surface area contributed by atoms with Crippen LogP contribution in [0.3, 0.4) is 0 Å². The predicted octanol–water partition coefficient (Wildman–Crippen LogP) is 0.314. The first-order valence-corrected chi connectivity index (χ1v) is 10.1. The molecule has 1 aliphatic rings. The van der Waals surface area contributed by atoms with Gasteiger partial charge in [0.1, 0.15) is 6.54 Å². The molecule has 0 aliphatic carbocycles. The number of rotatable bonds is 6. The maximum atomic E-state index is 12.1. The lowest BCUT2D eigenvalue weighted by atomic mass is 9.97. The summed E-state index contributed by atoms with van der Waals surface area (Å²) >= 11 is 0. The molecule has 1 aromatic heterocycles. The van der Waals surface area contributed by atoms with Gasteiger partial charge in [-0.05, 0) is 43.1 Å². The van der Waals surface area contributed by atoms with Crippen molar-refractivity contribution in [3.8, 4) is 0 Å². The minimum atomic E-state index is -3.70. The van der Waals surface area contributed by atoms with Crippen LogP contribution in [0.15, 0.2) is 41.4 Å². The lowest BCUT2D eigenvalue weighted by Gasteiger charge is -2.20. The molecule has 1 aliphatic heterocycles. The topological polar surface area (TPSA) is 119 Å². The highest BCUT2D eigenvalue weighted by Crippen LogP contribution is 2.21. The first kappa shape index (κ1) is 18.6. The summed E-state index contributed by atoms with van der Waals surface area (Å²) in [5.41, 5.74) is 1.81. The average Bonchev–Trinajstić information content (AvgIpc) is 3.09. The van der Waals surface area contributed by atoms with Crippen molar-refractivity contribution in [1.29, 1.82) is 0 Å². The van der Waals surface area contributed by atoms with E-state index in [2.05, 4.69) is 15.7 Å². The first-order valence-electron chi connectivity index (χ1n) is 8.54. The number of carbonyl (C=O) groups is 1. The van der Waals surface area contributed by atoms with Gasteiger partial charge < -0.3 is 10.6 Å². The van der Waals surface area contributed by atoms with Crippen molar-refractivity contribution >= 4 is 15.9 Å². The standard InChI is InChI=1S/C17H23N5O3S/c18-26(24,25)15-5-3-13(4-6-15)10-20-17(23)12-22-9-7-16(21-22)14-2-1-8-19-11-14/h3-7,9,14,19H,1-2,8,10-12H2,(H,20,23)(H2,18,24,25)/t14-/m1/s1. The summed E-state index contributed by atoms with van der Waals surface area (Å²) in [7, 11) is -3.70. The van der Waals surface area contributed by atoms with Crippen molar-refractivity contribution in [2.24, 2.45) is 5.14 Å². The van der Waals surface area contributed by atoms with Gasteiger partial charge in [-0.2, -0.15) is 5.10 Å². The average molecular weight is 377 g/mol. The van der Waals surface area contributed by atoms with Gasteiger partial charge in [-0.25, -0.2) is 13.6 Å². The van der Waals surface area contributed by atoms with Crippen molar-refractivity contribution in [2.75, 3.05) is 13.1 Å². The van der Waals surface area contributed by atoms with E-state index in [1.807, 2.05) is 12.3 Å². The van der Waals surface area contributed by atoms with Crippen LogP contribution >= 0.6 is 0 Å². The monoisotopic (exact) mass is 377 g/mol. The molecule has 1 fully saturated rings. The second kappa shape index (κ2) is 7.98. The molecule has 3 rings (SSSR count). The third-order valence-electron chi connectivity index (χ3n) is 4.42. The number of carbonyl (C=O) groups excluding carboxylic acids is 1. The molecular weight excluding hydrogens is 354 g/mol. The van der Waals surface area contributed by atoms with E-state index >= 15 is 0 Å². The Labute approximate surface area is 152 Å². The molecule has 26 heavy (non-hydrogen) atoms. The normalized spacial score (nSPS) is 17.8. The summed E-state index contributed by atoms with van der Waals surface area (Å²) in [6, 6.07) is 8.07. The number of aromatic nitrogens is 2. The number of piperidine rings is 1. The summed E-state index contributed by atoms with van der Waals surface area (Å²) in [5.74, 6) is 0.252. The lowest BCUT2D eigenvalue weighted by molar-refractivity contribution is -0.122. The van der Waals surface area contributed by atoms with Crippen LogP contribution in [-0.2, 0) is 27.9 Å². The second-order valence-electron chi connectivity index (χ2n) is 6.45. The highest BCUT2D eigenvalue weighted by Gasteiger charge is 2.17. The van der Waals surface area contributed by atoms with Crippen LogP contribution in [0.1, 0.15) is 30.0 Å². The number of nitrogens with two attached hydrogens (primary N) is 1. The van der Waals surface area contributed by atoms with Gasteiger partial charge in [-0.1, -0.05) is 12.1 Å². The van der Waals surface area contributed by atoms with Gasteiger partial charge in [0.05, 0.1) is 10.6 Å². The first-order chi connectivity index (χ1) is 12.4. The van der Waals surface area contributed by atoms with Crippen LogP contribution in [-0.4, -0.2) is 37.2 Å². The van der Waals surface area contributed by atoms with Crippen molar-refractivity contribution in [3.05, 3.63) is 47.8 Å². The molecule has 140 valence electrons. The second-order valence-corrected chi connectivity index (χ2v) is 8.01.